The fraction of sp³-hybridized carbons (Fsp3) is 0.450. The average molecular weight is 467 g/mol. The fourth-order valence-electron chi connectivity index (χ4n) is 3.68. The molecular formula is C20H21F4N7O2. The third-order valence-corrected chi connectivity index (χ3v) is 5.29. The van der Waals surface area contributed by atoms with E-state index in [4.69, 9.17) is 0 Å². The second-order valence-corrected chi connectivity index (χ2v) is 8.16. The van der Waals surface area contributed by atoms with E-state index in [9.17, 15) is 27.5 Å². The summed E-state index contributed by atoms with van der Waals surface area (Å²) in [5.41, 5.74) is -1.58. The summed E-state index contributed by atoms with van der Waals surface area (Å²) in [6.07, 6.45) is -1.73. The highest BCUT2D eigenvalue weighted by Gasteiger charge is 2.45. The quantitative estimate of drug-likeness (QED) is 0.556. The molecule has 1 aliphatic heterocycles. The van der Waals surface area contributed by atoms with Crippen LogP contribution in [0.4, 0.5) is 29.2 Å². The maximum absolute atomic E-state index is 13.9. The van der Waals surface area contributed by atoms with Gasteiger partial charge in [-0.15, -0.1) is 5.10 Å². The highest BCUT2D eigenvalue weighted by molar-refractivity contribution is 5.95. The number of nitrogens with zero attached hydrogens (tertiary/aromatic N) is 6. The molecule has 1 aliphatic rings. The largest absolute Gasteiger partial charge is 0.382 e. The lowest BCUT2D eigenvalue weighted by molar-refractivity contribution is -0.114. The number of aliphatic hydroxyl groups is 1. The van der Waals surface area contributed by atoms with Gasteiger partial charge in [-0.05, 0) is 6.92 Å². The van der Waals surface area contributed by atoms with Gasteiger partial charge in [-0.25, -0.2) is 28.4 Å². The summed E-state index contributed by atoms with van der Waals surface area (Å²) in [5, 5.41) is 17.6. The van der Waals surface area contributed by atoms with E-state index in [1.54, 1.807) is 0 Å². The average Bonchev–Trinajstić information content (AvgIpc) is 3.28. The SMILES string of the molecule is CC(=O)Nc1cc2c(cn1)c(N1CCC(O)(C(F)F)C1)nn2-c1cc(C)nc(C(C)(F)F)n1. The minimum absolute atomic E-state index is 0.0265. The summed E-state index contributed by atoms with van der Waals surface area (Å²) >= 11 is 0. The monoisotopic (exact) mass is 467 g/mol. The van der Waals surface area contributed by atoms with Crippen LogP contribution in [0.3, 0.4) is 0 Å². The number of anilines is 2. The van der Waals surface area contributed by atoms with Gasteiger partial charge >= 0.3 is 5.92 Å². The number of rotatable bonds is 5. The number of hydrogen-bond donors (Lipinski definition) is 2. The molecule has 4 rings (SSSR count). The Labute approximate surface area is 185 Å². The molecule has 2 N–H and O–H groups in total. The molecule has 0 bridgehead atoms. The van der Waals surface area contributed by atoms with E-state index in [2.05, 4.69) is 25.4 Å². The molecule has 3 aromatic heterocycles. The lowest BCUT2D eigenvalue weighted by Crippen LogP contribution is -2.40. The molecule has 1 unspecified atom stereocenters. The molecule has 1 amide bonds. The van der Waals surface area contributed by atoms with Crippen LogP contribution in [-0.4, -0.2) is 60.9 Å². The minimum atomic E-state index is -3.31. The van der Waals surface area contributed by atoms with Crippen LogP contribution in [0.2, 0.25) is 0 Å². The summed E-state index contributed by atoms with van der Waals surface area (Å²) in [4.78, 5) is 24.9. The highest BCUT2D eigenvalue weighted by atomic mass is 19.3. The number of pyridine rings is 1. The Morgan fingerprint density at radius 3 is 2.64 bits per heavy atom. The van der Waals surface area contributed by atoms with E-state index in [1.807, 2.05) is 0 Å². The van der Waals surface area contributed by atoms with E-state index in [1.165, 1.54) is 41.8 Å². The van der Waals surface area contributed by atoms with Crippen LogP contribution < -0.4 is 10.2 Å². The van der Waals surface area contributed by atoms with Gasteiger partial charge in [-0.1, -0.05) is 0 Å². The number of carbonyl (C=O) groups is 1. The first-order valence-corrected chi connectivity index (χ1v) is 10.0. The third kappa shape index (κ3) is 4.32. The van der Waals surface area contributed by atoms with Crippen molar-refractivity contribution in [2.24, 2.45) is 0 Å². The van der Waals surface area contributed by atoms with E-state index in [0.29, 0.717) is 17.8 Å². The van der Waals surface area contributed by atoms with Gasteiger partial charge in [0.25, 0.3) is 6.43 Å². The summed E-state index contributed by atoms with van der Waals surface area (Å²) in [5.74, 6) is -3.95. The van der Waals surface area contributed by atoms with E-state index >= 15 is 0 Å². The molecule has 9 nitrogen and oxygen atoms in total. The van der Waals surface area contributed by atoms with Gasteiger partial charge in [-0.2, -0.15) is 8.78 Å². The molecule has 176 valence electrons. The van der Waals surface area contributed by atoms with Crippen molar-refractivity contribution in [3.8, 4) is 5.82 Å². The van der Waals surface area contributed by atoms with Crippen LogP contribution in [-0.2, 0) is 10.7 Å². The lowest BCUT2D eigenvalue weighted by atomic mass is 10.1. The number of carbonyl (C=O) groups excluding carboxylic acids is 1. The zero-order valence-corrected chi connectivity index (χ0v) is 18.0. The van der Waals surface area contributed by atoms with Crippen molar-refractivity contribution in [2.75, 3.05) is 23.3 Å². The summed E-state index contributed by atoms with van der Waals surface area (Å²) in [6, 6.07) is 2.92. The van der Waals surface area contributed by atoms with Crippen molar-refractivity contribution in [1.82, 2.24) is 24.7 Å². The van der Waals surface area contributed by atoms with Crippen LogP contribution in [0.15, 0.2) is 18.3 Å². The molecule has 0 aliphatic carbocycles. The summed E-state index contributed by atoms with van der Waals surface area (Å²) in [7, 11) is 0. The zero-order chi connectivity index (χ0) is 24.1. The van der Waals surface area contributed by atoms with Crippen molar-refractivity contribution >= 4 is 28.4 Å². The van der Waals surface area contributed by atoms with Gasteiger partial charge in [0.1, 0.15) is 11.4 Å². The van der Waals surface area contributed by atoms with Crippen molar-refractivity contribution in [1.29, 1.82) is 0 Å². The molecule has 1 saturated heterocycles. The molecule has 0 saturated carbocycles. The van der Waals surface area contributed by atoms with Gasteiger partial charge in [0, 0.05) is 50.8 Å². The summed E-state index contributed by atoms with van der Waals surface area (Å²) < 4.78 is 55.8. The Balaban J connectivity index is 1.89. The Hall–Kier alpha value is -3.35. The van der Waals surface area contributed by atoms with E-state index in [-0.39, 0.29) is 48.6 Å². The van der Waals surface area contributed by atoms with Gasteiger partial charge in [0.15, 0.2) is 11.6 Å². The first kappa shape index (κ1) is 22.8. The molecule has 0 spiro atoms. The molecule has 0 aromatic carbocycles. The number of amides is 1. The predicted octanol–water partition coefficient (Wildman–Crippen LogP) is 2.80. The van der Waals surface area contributed by atoms with E-state index in [0.717, 1.165) is 0 Å². The maximum Gasteiger partial charge on any atom is 0.303 e. The van der Waals surface area contributed by atoms with Crippen LogP contribution in [0, 0.1) is 6.92 Å². The number of hydrogen-bond acceptors (Lipinski definition) is 7. The fourth-order valence-corrected chi connectivity index (χ4v) is 3.68. The van der Waals surface area contributed by atoms with E-state index < -0.39 is 23.8 Å². The molecule has 1 fully saturated rings. The van der Waals surface area contributed by atoms with Crippen molar-refractivity contribution < 1.29 is 27.5 Å². The number of fused-ring (bicyclic) bond motifs is 1. The molecule has 0 radical (unpaired) electrons. The summed E-state index contributed by atoms with van der Waals surface area (Å²) in [6.45, 7) is 3.23. The number of β-amino-alcohol motifs (C(OH)–C–C–N with tert-alkyl or cyclic N) is 1. The minimum Gasteiger partial charge on any atom is -0.382 e. The van der Waals surface area contributed by atoms with Crippen LogP contribution in [0.5, 0.6) is 0 Å². The second-order valence-electron chi connectivity index (χ2n) is 8.16. The van der Waals surface area contributed by atoms with Gasteiger partial charge < -0.3 is 15.3 Å². The Bertz CT molecular complexity index is 1230. The predicted molar refractivity (Wildman–Crippen MR) is 111 cm³/mol. The smallest absolute Gasteiger partial charge is 0.303 e. The topological polar surface area (TPSA) is 109 Å². The molecule has 4 heterocycles. The number of aryl methyl sites for hydroxylation is 1. The molecule has 13 heteroatoms. The molecule has 1 atom stereocenters. The first-order chi connectivity index (χ1) is 15.4. The van der Waals surface area contributed by atoms with Crippen molar-refractivity contribution in [3.05, 3.63) is 29.8 Å². The highest BCUT2D eigenvalue weighted by Crippen LogP contribution is 2.36. The third-order valence-electron chi connectivity index (χ3n) is 5.29. The number of nitrogens with one attached hydrogen (secondary N) is 1. The van der Waals surface area contributed by atoms with Crippen LogP contribution in [0.25, 0.3) is 16.7 Å². The van der Waals surface area contributed by atoms with Crippen LogP contribution in [0.1, 0.15) is 31.8 Å². The van der Waals surface area contributed by atoms with Crippen molar-refractivity contribution in [2.45, 2.75) is 45.1 Å². The normalized spacial score (nSPS) is 19.0. The number of aromatic nitrogens is 5. The Kier molecular flexibility index (Phi) is 5.47. The zero-order valence-electron chi connectivity index (χ0n) is 18.0. The molecular weight excluding hydrogens is 446 g/mol. The maximum atomic E-state index is 13.9. The van der Waals surface area contributed by atoms with Gasteiger partial charge in [-0.3, -0.25) is 4.79 Å². The first-order valence-electron chi connectivity index (χ1n) is 10.0. The lowest BCUT2D eigenvalue weighted by Gasteiger charge is -2.22. The standard InChI is InChI=1S/C20H21F4N7O2/c1-10-6-15(28-18(26-10)19(3,23)24)31-13-7-14(27-11(2)32)25-8-12(13)16(29-31)30-5-4-20(33,9-30)17(21)22/h6-8,17,33H,4-5,9H2,1-3H3,(H,25,27,32). The van der Waals surface area contributed by atoms with Crippen molar-refractivity contribution in [3.63, 3.8) is 0 Å². The number of alkyl halides is 4. The van der Waals surface area contributed by atoms with Gasteiger partial charge in [0.2, 0.25) is 11.7 Å². The van der Waals surface area contributed by atoms with Crippen LogP contribution >= 0.6 is 0 Å². The molecule has 33 heavy (non-hydrogen) atoms. The Morgan fingerprint density at radius 2 is 2.03 bits per heavy atom. The van der Waals surface area contributed by atoms with Gasteiger partial charge in [0.05, 0.1) is 17.4 Å². The second kappa shape index (κ2) is 7.90. The number of halogens is 4. The Morgan fingerprint density at radius 1 is 1.30 bits per heavy atom. The molecule has 3 aromatic rings.